The molecule has 2 heterocycles. The van der Waals surface area contributed by atoms with Crippen molar-refractivity contribution in [2.75, 3.05) is 0 Å². The highest BCUT2D eigenvalue weighted by Crippen LogP contribution is 2.12. The third kappa shape index (κ3) is 7.97. The van der Waals surface area contributed by atoms with Crippen molar-refractivity contribution in [2.24, 2.45) is 0 Å². The molecule has 0 spiro atoms. The number of carbonyl (C=O) groups is 2. The molecule has 2 aromatic heterocycles. The highest BCUT2D eigenvalue weighted by molar-refractivity contribution is 14.1. The molecule has 10 nitrogen and oxygen atoms in total. The number of nitrogens with one attached hydrogen (secondary N) is 1. The van der Waals surface area contributed by atoms with E-state index < -0.39 is 11.9 Å². The lowest BCUT2D eigenvalue weighted by Crippen LogP contribution is -2.03. The Hall–Kier alpha value is -3.61. The minimum absolute atomic E-state index is 0.238. The maximum Gasteiger partial charge on any atom is 0.335 e. The molecule has 4 aromatic rings. The Labute approximate surface area is 191 Å². The summed E-state index contributed by atoms with van der Waals surface area (Å²) in [4.78, 5) is 22.7. The van der Waals surface area contributed by atoms with E-state index >= 15 is 0 Å². The number of benzene rings is 2. The van der Waals surface area contributed by atoms with E-state index in [0.717, 1.165) is 14.7 Å². The van der Waals surface area contributed by atoms with Gasteiger partial charge in [0, 0.05) is 3.57 Å². The second-order valence-corrected chi connectivity index (χ2v) is 7.41. The number of carboxylic acids is 2. The summed E-state index contributed by atoms with van der Waals surface area (Å²) in [5.41, 5.74) is 3.09. The molecule has 0 unspecified atom stereocenters. The second-order valence-electron chi connectivity index (χ2n) is 6.16. The Balaban J connectivity index is 0.000000186. The van der Waals surface area contributed by atoms with E-state index in [-0.39, 0.29) is 5.56 Å². The second kappa shape index (κ2) is 11.5. The van der Waals surface area contributed by atoms with Crippen molar-refractivity contribution >= 4 is 34.5 Å². The third-order valence-corrected chi connectivity index (χ3v) is 4.20. The van der Waals surface area contributed by atoms with Gasteiger partial charge in [0.05, 0.1) is 41.6 Å². The number of nitrogens with zero attached hydrogens (tertiary/aromatic N) is 5. The molecule has 0 atom stereocenters. The van der Waals surface area contributed by atoms with Crippen LogP contribution in [-0.4, -0.2) is 52.6 Å². The number of halogens is 1. The summed E-state index contributed by atoms with van der Waals surface area (Å²) in [6, 6.07) is 10.2. The van der Waals surface area contributed by atoms with Crippen LogP contribution in [0.15, 0.2) is 61.2 Å². The lowest BCUT2D eigenvalue weighted by Gasteiger charge is -2.03. The number of rotatable bonds is 3. The maximum atomic E-state index is 10.8. The highest BCUT2D eigenvalue weighted by Gasteiger charge is 2.07. The van der Waals surface area contributed by atoms with Gasteiger partial charge in [-0.05, 0) is 84.0 Å². The Morgan fingerprint density at radius 2 is 1.32 bits per heavy atom. The van der Waals surface area contributed by atoms with Crippen molar-refractivity contribution in [2.45, 2.75) is 13.8 Å². The van der Waals surface area contributed by atoms with Crippen molar-refractivity contribution < 1.29 is 19.8 Å². The van der Waals surface area contributed by atoms with Gasteiger partial charge in [0.2, 0.25) is 0 Å². The predicted octanol–water partition coefficient (Wildman–Crippen LogP) is 3.38. The van der Waals surface area contributed by atoms with Crippen molar-refractivity contribution in [3.05, 3.63) is 87.0 Å². The summed E-state index contributed by atoms with van der Waals surface area (Å²) in [6.07, 6.45) is 6.26. The molecule has 4 rings (SSSR count). The van der Waals surface area contributed by atoms with Gasteiger partial charge in [0.1, 0.15) is 0 Å². The Kier molecular flexibility index (Phi) is 8.81. The van der Waals surface area contributed by atoms with Gasteiger partial charge in [-0.1, -0.05) is 0 Å². The first-order valence-corrected chi connectivity index (χ1v) is 9.86. The summed E-state index contributed by atoms with van der Waals surface area (Å²) in [5.74, 6) is -1.82. The normalized spacial score (nSPS) is 9.65. The Morgan fingerprint density at radius 1 is 0.806 bits per heavy atom. The van der Waals surface area contributed by atoms with Crippen LogP contribution < -0.4 is 0 Å². The summed E-state index contributed by atoms with van der Waals surface area (Å²) in [7, 11) is 0. The molecule has 31 heavy (non-hydrogen) atoms. The smallest absolute Gasteiger partial charge is 0.335 e. The maximum absolute atomic E-state index is 10.8. The Bertz CT molecular complexity index is 1090. The van der Waals surface area contributed by atoms with E-state index in [4.69, 9.17) is 10.2 Å². The number of carboxylic acid groups (broad SMARTS) is 2. The lowest BCUT2D eigenvalue weighted by atomic mass is 10.1. The standard InChI is InChI=1S/C10H9N3O2.C8H7IO2.C2H3N3/c1-7-4-8(10(14)15)6-9(5-7)13-11-2-3-12-13;1-5-2-6(8(10)11)4-7(9)3-5;1-2-4-5-3-1/h2-6H,1H3,(H,14,15);2-4H,1H3,(H,10,11);1-2H,(H,3,4,5). The van der Waals surface area contributed by atoms with Gasteiger partial charge in [-0.25, -0.2) is 9.59 Å². The predicted molar refractivity (Wildman–Crippen MR) is 120 cm³/mol. The van der Waals surface area contributed by atoms with Gasteiger partial charge in [0.15, 0.2) is 0 Å². The van der Waals surface area contributed by atoms with Crippen LogP contribution in [0.5, 0.6) is 0 Å². The largest absolute Gasteiger partial charge is 0.478 e. The van der Waals surface area contributed by atoms with Crippen LogP contribution in [0.25, 0.3) is 5.69 Å². The fourth-order valence-corrected chi connectivity index (χ4v) is 3.20. The van der Waals surface area contributed by atoms with Crippen molar-refractivity contribution in [1.29, 1.82) is 0 Å². The zero-order chi connectivity index (χ0) is 22.8. The molecule has 0 aliphatic heterocycles. The molecule has 0 amide bonds. The van der Waals surface area contributed by atoms with Crippen LogP contribution in [0.3, 0.4) is 0 Å². The monoisotopic (exact) mass is 534 g/mol. The van der Waals surface area contributed by atoms with E-state index in [1.165, 1.54) is 10.9 Å². The van der Waals surface area contributed by atoms with Crippen molar-refractivity contribution in [3.8, 4) is 5.69 Å². The SMILES string of the molecule is Cc1cc(C(=O)O)cc(-n2nccn2)c1.Cc1cc(I)cc(C(=O)O)c1.c1cn[nH]n1. The molecule has 0 fully saturated rings. The van der Waals surface area contributed by atoms with Crippen LogP contribution in [0.1, 0.15) is 31.8 Å². The quantitative estimate of drug-likeness (QED) is 0.339. The van der Waals surface area contributed by atoms with Crippen LogP contribution >= 0.6 is 22.6 Å². The summed E-state index contributed by atoms with van der Waals surface area (Å²) >= 11 is 2.10. The van der Waals surface area contributed by atoms with E-state index in [1.54, 1.807) is 43.0 Å². The van der Waals surface area contributed by atoms with Crippen LogP contribution in [0.2, 0.25) is 0 Å². The summed E-state index contributed by atoms with van der Waals surface area (Å²) in [6.45, 7) is 3.72. The lowest BCUT2D eigenvalue weighted by molar-refractivity contribution is 0.0686. The zero-order valence-electron chi connectivity index (χ0n) is 16.6. The van der Waals surface area contributed by atoms with E-state index in [1.807, 2.05) is 26.0 Å². The molecule has 0 aliphatic carbocycles. The molecule has 0 saturated carbocycles. The van der Waals surface area contributed by atoms with Crippen LogP contribution in [0.4, 0.5) is 0 Å². The third-order valence-electron chi connectivity index (χ3n) is 3.58. The minimum Gasteiger partial charge on any atom is -0.478 e. The fourth-order valence-electron chi connectivity index (χ4n) is 2.38. The molecule has 11 heteroatoms. The molecule has 2 aromatic carbocycles. The molecule has 3 N–H and O–H groups in total. The highest BCUT2D eigenvalue weighted by atomic mass is 127. The molecule has 0 bridgehead atoms. The number of aromatic nitrogens is 6. The van der Waals surface area contributed by atoms with Crippen LogP contribution in [-0.2, 0) is 0 Å². The number of aryl methyl sites for hydroxylation is 2. The van der Waals surface area contributed by atoms with E-state index in [0.29, 0.717) is 11.3 Å². The number of H-pyrrole nitrogens is 1. The first-order valence-electron chi connectivity index (χ1n) is 8.78. The molecular formula is C20H19IN6O4. The molecule has 0 saturated heterocycles. The van der Waals surface area contributed by atoms with Gasteiger partial charge in [-0.2, -0.15) is 30.4 Å². The fraction of sp³-hybridized carbons (Fsp3) is 0.100. The van der Waals surface area contributed by atoms with Gasteiger partial charge >= 0.3 is 11.9 Å². The van der Waals surface area contributed by atoms with Gasteiger partial charge in [-0.15, -0.1) is 0 Å². The first-order chi connectivity index (χ1) is 14.8. The molecular weight excluding hydrogens is 515 g/mol. The van der Waals surface area contributed by atoms with Crippen molar-refractivity contribution in [3.63, 3.8) is 0 Å². The van der Waals surface area contributed by atoms with Crippen molar-refractivity contribution in [1.82, 2.24) is 30.4 Å². The first kappa shape index (κ1) is 23.7. The molecule has 160 valence electrons. The van der Waals surface area contributed by atoms with Gasteiger partial charge in [0.25, 0.3) is 0 Å². The number of hydrogen-bond donors (Lipinski definition) is 3. The molecule has 0 aliphatic rings. The molecule has 0 radical (unpaired) electrons. The van der Waals surface area contributed by atoms with E-state index in [9.17, 15) is 9.59 Å². The van der Waals surface area contributed by atoms with Crippen LogP contribution in [0, 0.1) is 17.4 Å². The number of aromatic amines is 1. The average molecular weight is 534 g/mol. The number of aromatic carboxylic acids is 2. The average Bonchev–Trinajstić information content (AvgIpc) is 3.44. The number of hydrogen-bond acceptors (Lipinski definition) is 6. The Morgan fingerprint density at radius 3 is 1.77 bits per heavy atom. The summed E-state index contributed by atoms with van der Waals surface area (Å²) in [5, 5.41) is 34.7. The zero-order valence-corrected chi connectivity index (χ0v) is 18.8. The van der Waals surface area contributed by atoms with E-state index in [2.05, 4.69) is 48.2 Å². The van der Waals surface area contributed by atoms with Gasteiger partial charge in [-0.3, -0.25) is 0 Å². The minimum atomic E-state index is -0.952. The topological polar surface area (TPSA) is 147 Å². The summed E-state index contributed by atoms with van der Waals surface area (Å²) < 4.78 is 0.958. The van der Waals surface area contributed by atoms with Gasteiger partial charge < -0.3 is 10.2 Å².